The van der Waals surface area contributed by atoms with Gasteiger partial charge in [-0.3, -0.25) is 0 Å². The number of fused-ring (bicyclic) bond motifs is 2. The van der Waals surface area contributed by atoms with Gasteiger partial charge in [-0.15, -0.1) is 0 Å². The van der Waals surface area contributed by atoms with Gasteiger partial charge in [-0.05, 0) is 96.1 Å². The number of hydrogen-bond donors (Lipinski definition) is 0. The summed E-state index contributed by atoms with van der Waals surface area (Å²) >= 11 is 0. The number of benzene rings is 6. The zero-order valence-electron chi connectivity index (χ0n) is 22.8. The molecule has 6 aromatic carbocycles. The molecule has 0 radical (unpaired) electrons. The summed E-state index contributed by atoms with van der Waals surface area (Å²) in [6, 6.07) is 51.9. The topological polar surface area (TPSA) is 40.6 Å². The van der Waals surface area contributed by atoms with Crippen molar-refractivity contribution in [3.05, 3.63) is 169 Å². The molecular weight excluding hydrogens is 536 g/mol. The second-order valence-electron chi connectivity index (χ2n) is 10.3. The molecular formula is C37H28N2O2S. The third-order valence-electron chi connectivity index (χ3n) is 7.62. The standard InChI is InChI=1S/C37H28N2O2S/c40-42(41)36-23-21-34(38(30-13-5-1-6-14-30)31-15-7-2-8-16-31)26-28(36)25-29-27-35(22-24-37(29)42)39(32-17-9-3-10-18-32)33-19-11-4-12-20-33/h1-24,26-27H,25H2. The maximum absolute atomic E-state index is 13.9. The maximum Gasteiger partial charge on any atom is 0.207 e. The molecule has 0 amide bonds. The molecule has 4 nitrogen and oxygen atoms in total. The number of rotatable bonds is 6. The van der Waals surface area contributed by atoms with Crippen molar-refractivity contribution in [3.63, 3.8) is 0 Å². The highest BCUT2D eigenvalue weighted by molar-refractivity contribution is 7.91. The van der Waals surface area contributed by atoms with E-state index in [9.17, 15) is 8.42 Å². The Morgan fingerprint density at radius 3 is 1.00 bits per heavy atom. The molecule has 1 aliphatic rings. The van der Waals surface area contributed by atoms with Crippen LogP contribution in [0.1, 0.15) is 11.1 Å². The Hall–Kier alpha value is -5.13. The van der Waals surface area contributed by atoms with Crippen LogP contribution in [0.4, 0.5) is 34.1 Å². The van der Waals surface area contributed by atoms with Gasteiger partial charge in [0.15, 0.2) is 0 Å². The monoisotopic (exact) mass is 564 g/mol. The van der Waals surface area contributed by atoms with E-state index in [1.807, 2.05) is 97.1 Å². The van der Waals surface area contributed by atoms with E-state index in [2.05, 4.69) is 58.3 Å². The molecule has 0 saturated carbocycles. The van der Waals surface area contributed by atoms with Gasteiger partial charge in [0.1, 0.15) is 0 Å². The van der Waals surface area contributed by atoms with Gasteiger partial charge in [0.05, 0.1) is 9.79 Å². The quantitative estimate of drug-likeness (QED) is 0.202. The summed E-state index contributed by atoms with van der Waals surface area (Å²) in [7, 11) is -3.68. The lowest BCUT2D eigenvalue weighted by atomic mass is 10.0. The van der Waals surface area contributed by atoms with E-state index in [1.165, 1.54) is 0 Å². The van der Waals surface area contributed by atoms with Crippen molar-refractivity contribution >= 4 is 44.0 Å². The SMILES string of the molecule is O=S1(=O)c2ccc(N(c3ccccc3)c3ccccc3)cc2Cc2cc(N(c3ccccc3)c3ccccc3)ccc21. The molecule has 0 bridgehead atoms. The molecule has 0 spiro atoms. The predicted molar refractivity (Wildman–Crippen MR) is 171 cm³/mol. The molecule has 0 unspecified atom stereocenters. The van der Waals surface area contributed by atoms with Gasteiger partial charge >= 0.3 is 0 Å². The second-order valence-corrected chi connectivity index (χ2v) is 12.2. The summed E-state index contributed by atoms with van der Waals surface area (Å²) in [5, 5.41) is 0. The predicted octanol–water partition coefficient (Wildman–Crippen LogP) is 9.36. The van der Waals surface area contributed by atoms with Crippen LogP contribution in [-0.2, 0) is 16.3 Å². The van der Waals surface area contributed by atoms with E-state index < -0.39 is 9.84 Å². The first kappa shape index (κ1) is 25.8. The molecule has 0 fully saturated rings. The van der Waals surface area contributed by atoms with Gasteiger partial charge < -0.3 is 9.80 Å². The third kappa shape index (κ3) is 4.64. The van der Waals surface area contributed by atoms with E-state index in [0.29, 0.717) is 16.2 Å². The van der Waals surface area contributed by atoms with Crippen LogP contribution in [0.5, 0.6) is 0 Å². The Morgan fingerprint density at radius 2 is 0.690 bits per heavy atom. The van der Waals surface area contributed by atoms with E-state index in [1.54, 1.807) is 12.1 Å². The normalized spacial score (nSPS) is 13.0. The average Bonchev–Trinajstić information content (AvgIpc) is 3.03. The summed E-state index contributed by atoms with van der Waals surface area (Å²) in [5.74, 6) is 0. The lowest BCUT2D eigenvalue weighted by Gasteiger charge is -2.29. The van der Waals surface area contributed by atoms with Crippen LogP contribution >= 0.6 is 0 Å². The number of nitrogens with zero attached hydrogens (tertiary/aromatic N) is 2. The van der Waals surface area contributed by atoms with Crippen LogP contribution in [0, 0.1) is 0 Å². The van der Waals surface area contributed by atoms with Crippen LogP contribution in [0.3, 0.4) is 0 Å². The zero-order valence-corrected chi connectivity index (χ0v) is 23.7. The van der Waals surface area contributed by atoms with Crippen molar-refractivity contribution in [1.82, 2.24) is 0 Å². The number of hydrogen-bond acceptors (Lipinski definition) is 4. The minimum Gasteiger partial charge on any atom is -0.310 e. The van der Waals surface area contributed by atoms with Gasteiger partial charge in [-0.2, -0.15) is 0 Å². The first-order chi connectivity index (χ1) is 20.6. The molecule has 0 aromatic heterocycles. The Balaban J connectivity index is 1.34. The fourth-order valence-corrected chi connectivity index (χ4v) is 7.42. The van der Waals surface area contributed by atoms with Crippen LogP contribution in [-0.4, -0.2) is 8.42 Å². The summed E-state index contributed by atoms with van der Waals surface area (Å²) in [6.45, 7) is 0. The second kappa shape index (κ2) is 10.7. The van der Waals surface area contributed by atoms with Crippen molar-refractivity contribution in [3.8, 4) is 0 Å². The molecule has 7 rings (SSSR count). The molecule has 0 aliphatic carbocycles. The Kier molecular flexibility index (Phi) is 6.57. The van der Waals surface area contributed by atoms with Crippen molar-refractivity contribution < 1.29 is 8.42 Å². The highest BCUT2D eigenvalue weighted by atomic mass is 32.2. The van der Waals surface area contributed by atoms with E-state index in [4.69, 9.17) is 0 Å². The zero-order chi connectivity index (χ0) is 28.5. The van der Waals surface area contributed by atoms with Crippen LogP contribution in [0.2, 0.25) is 0 Å². The lowest BCUT2D eigenvalue weighted by Crippen LogP contribution is -2.17. The summed E-state index contributed by atoms with van der Waals surface area (Å²) < 4.78 is 27.8. The van der Waals surface area contributed by atoms with Crippen LogP contribution in [0.15, 0.2) is 168 Å². The molecule has 0 N–H and O–H groups in total. The molecule has 0 atom stereocenters. The largest absolute Gasteiger partial charge is 0.310 e. The maximum atomic E-state index is 13.9. The average molecular weight is 565 g/mol. The van der Waals surface area contributed by atoms with Crippen molar-refractivity contribution in [1.29, 1.82) is 0 Å². The number of anilines is 6. The Morgan fingerprint density at radius 1 is 0.381 bits per heavy atom. The molecule has 6 aromatic rings. The molecule has 0 saturated heterocycles. The molecule has 1 heterocycles. The summed E-state index contributed by atoms with van der Waals surface area (Å²) in [4.78, 5) is 5.06. The van der Waals surface area contributed by atoms with Crippen molar-refractivity contribution in [2.24, 2.45) is 0 Å². The van der Waals surface area contributed by atoms with Gasteiger partial charge in [0, 0.05) is 40.5 Å². The van der Waals surface area contributed by atoms with Crippen LogP contribution in [0.25, 0.3) is 0 Å². The van der Waals surface area contributed by atoms with E-state index >= 15 is 0 Å². The smallest absolute Gasteiger partial charge is 0.207 e. The molecule has 204 valence electrons. The molecule has 42 heavy (non-hydrogen) atoms. The fraction of sp³-hybridized carbons (Fsp3) is 0.0270. The highest BCUT2D eigenvalue weighted by Crippen LogP contribution is 2.42. The fourth-order valence-electron chi connectivity index (χ4n) is 5.74. The number of para-hydroxylation sites is 4. The number of sulfone groups is 1. The summed E-state index contributed by atoms with van der Waals surface area (Å²) in [5.41, 5.74) is 7.43. The minimum absolute atomic E-state index is 0.371. The molecule has 5 heteroatoms. The van der Waals surface area contributed by atoms with Gasteiger partial charge in [0.25, 0.3) is 0 Å². The Labute approximate surface area is 246 Å². The first-order valence-corrected chi connectivity index (χ1v) is 15.4. The van der Waals surface area contributed by atoms with E-state index in [0.717, 1.165) is 45.3 Å². The lowest BCUT2D eigenvalue weighted by molar-refractivity contribution is 0.591. The minimum atomic E-state index is -3.68. The summed E-state index contributed by atoms with van der Waals surface area (Å²) in [6.07, 6.45) is 0.514. The van der Waals surface area contributed by atoms with Gasteiger partial charge in [0.2, 0.25) is 9.84 Å². The highest BCUT2D eigenvalue weighted by Gasteiger charge is 2.31. The molecule has 1 aliphatic heterocycles. The van der Waals surface area contributed by atoms with Crippen molar-refractivity contribution in [2.75, 3.05) is 9.80 Å². The van der Waals surface area contributed by atoms with Crippen molar-refractivity contribution in [2.45, 2.75) is 16.2 Å². The third-order valence-corrected chi connectivity index (χ3v) is 9.58. The van der Waals surface area contributed by atoms with E-state index in [-0.39, 0.29) is 0 Å². The van der Waals surface area contributed by atoms with Gasteiger partial charge in [-0.1, -0.05) is 72.8 Å². The Bertz CT molecular complexity index is 1740. The first-order valence-electron chi connectivity index (χ1n) is 13.9. The van der Waals surface area contributed by atoms with Crippen LogP contribution < -0.4 is 9.80 Å². The van der Waals surface area contributed by atoms with Gasteiger partial charge in [-0.25, -0.2) is 8.42 Å².